The number of hydrogen-bond acceptors (Lipinski definition) is 3. The Morgan fingerprint density at radius 2 is 1.89 bits per heavy atom. The van der Waals surface area contributed by atoms with E-state index in [-0.39, 0.29) is 58.8 Å². The van der Waals surface area contributed by atoms with Gasteiger partial charge in [0.25, 0.3) is 0 Å². The molecule has 0 aromatic heterocycles. The Labute approximate surface area is 154 Å². The van der Waals surface area contributed by atoms with Gasteiger partial charge in [-0.15, -0.1) is 0 Å². The van der Waals surface area contributed by atoms with E-state index in [4.69, 9.17) is 9.47 Å². The predicted molar refractivity (Wildman–Crippen MR) is 68.8 cm³/mol. The summed E-state index contributed by atoms with van der Waals surface area (Å²) in [4.78, 5) is 12.3. The van der Waals surface area contributed by atoms with Gasteiger partial charge >= 0.3 is 51.4 Å². The molecule has 0 N–H and O–H groups in total. The van der Waals surface area contributed by atoms with Crippen molar-refractivity contribution in [1.29, 1.82) is 0 Å². The molecule has 5 heteroatoms. The van der Waals surface area contributed by atoms with Crippen LogP contribution in [0.3, 0.4) is 0 Å². The summed E-state index contributed by atoms with van der Waals surface area (Å²) in [6, 6.07) is 0. The first-order valence-electron chi connectivity index (χ1n) is 6.25. The zero-order chi connectivity index (χ0) is 11.6. The van der Waals surface area contributed by atoms with Gasteiger partial charge in [-0.3, -0.25) is 4.79 Å². The molecule has 0 spiro atoms. The van der Waals surface area contributed by atoms with Crippen LogP contribution in [0.1, 0.15) is 32.6 Å². The van der Waals surface area contributed by atoms with Crippen LogP contribution in [0.25, 0.3) is 0 Å². The zero-order valence-corrected chi connectivity index (χ0v) is 15.3. The molecular weight excluding hydrogens is 257 g/mol. The first-order chi connectivity index (χ1) is 7.86. The molecule has 0 bridgehead atoms. The number of likely N-dealkylation sites (tertiary alicyclic amines) is 1. The molecule has 1 saturated heterocycles. The minimum atomic E-state index is 0. The molecule has 1 aliphatic rings. The second-order valence-corrected chi connectivity index (χ2v) is 4.18. The van der Waals surface area contributed by atoms with Crippen molar-refractivity contribution < 1.29 is 65.7 Å². The molecule has 0 radical (unpaired) electrons. The Morgan fingerprint density at radius 1 is 1.22 bits per heavy atom. The smallest absolute Gasteiger partial charge is 0.379 e. The van der Waals surface area contributed by atoms with Gasteiger partial charge in [0.1, 0.15) is 0 Å². The normalized spacial score (nSPS) is 15.7. The second-order valence-electron chi connectivity index (χ2n) is 4.18. The molecule has 1 heterocycles. The maximum absolute atomic E-state index is 10.5. The van der Waals surface area contributed by atoms with E-state index in [0.717, 1.165) is 45.4 Å². The van der Waals surface area contributed by atoms with Gasteiger partial charge < -0.3 is 21.8 Å². The number of carbonyl (C=O) groups excluding carboxylic acids is 1. The Bertz CT molecular complexity index is 185. The average molecular weight is 283 g/mol. The summed E-state index contributed by atoms with van der Waals surface area (Å²) in [5.41, 5.74) is 0. The molecule has 0 aromatic rings. The molecule has 1 rings (SSSR count). The molecule has 0 unspecified atom stereocenters. The van der Waals surface area contributed by atoms with E-state index in [0.29, 0.717) is 19.3 Å². The number of nitrogens with zero attached hydrogens (tertiary/aromatic N) is 1. The van der Waals surface area contributed by atoms with Crippen LogP contribution in [0.2, 0.25) is 0 Å². The van der Waals surface area contributed by atoms with Gasteiger partial charge in [0.2, 0.25) is 6.41 Å². The van der Waals surface area contributed by atoms with Crippen molar-refractivity contribution in [2.24, 2.45) is 0 Å². The maximum atomic E-state index is 10.5. The third-order valence-corrected chi connectivity index (χ3v) is 2.85. The van der Waals surface area contributed by atoms with Crippen LogP contribution >= 0.6 is 0 Å². The summed E-state index contributed by atoms with van der Waals surface area (Å²) in [7, 11) is 0. The van der Waals surface area contributed by atoms with Crippen molar-refractivity contribution in [3.8, 4) is 0 Å². The largest absolute Gasteiger partial charge is 1.00 e. The first kappa shape index (κ1) is 21.3. The van der Waals surface area contributed by atoms with Gasteiger partial charge in [-0.05, 0) is 19.3 Å². The Balaban J connectivity index is 0. The van der Waals surface area contributed by atoms with E-state index in [2.05, 4.69) is 6.92 Å². The third-order valence-electron chi connectivity index (χ3n) is 2.85. The van der Waals surface area contributed by atoms with Crippen LogP contribution < -0.4 is 51.4 Å². The van der Waals surface area contributed by atoms with Gasteiger partial charge in [0, 0.05) is 19.7 Å². The van der Waals surface area contributed by atoms with E-state index in [1.54, 1.807) is 4.90 Å². The maximum Gasteiger partial charge on any atom is 1.00 e. The molecule has 1 fully saturated rings. The van der Waals surface area contributed by atoms with Crippen LogP contribution in [-0.2, 0) is 14.3 Å². The number of rotatable bonds is 8. The number of piperidine rings is 1. The SMILES string of the molecule is CCCCOCCOC1CCN(C=O)CC1.[CH3-].[K+]. The van der Waals surface area contributed by atoms with Crippen LogP contribution in [0.15, 0.2) is 0 Å². The molecular formula is C13H26KNO3. The monoisotopic (exact) mass is 283 g/mol. The van der Waals surface area contributed by atoms with Crippen molar-refractivity contribution >= 4 is 6.41 Å². The summed E-state index contributed by atoms with van der Waals surface area (Å²) in [6.45, 7) is 6.00. The zero-order valence-electron chi connectivity index (χ0n) is 12.2. The quantitative estimate of drug-likeness (QED) is 0.246. The summed E-state index contributed by atoms with van der Waals surface area (Å²) < 4.78 is 11.1. The Hall–Kier alpha value is 1.03. The summed E-state index contributed by atoms with van der Waals surface area (Å²) in [5.74, 6) is 0. The summed E-state index contributed by atoms with van der Waals surface area (Å²) >= 11 is 0. The molecule has 0 aliphatic carbocycles. The fraction of sp³-hybridized carbons (Fsp3) is 0.846. The van der Waals surface area contributed by atoms with E-state index < -0.39 is 0 Å². The average Bonchev–Trinajstić information content (AvgIpc) is 2.34. The number of unbranched alkanes of at least 4 members (excludes halogenated alkanes) is 1. The van der Waals surface area contributed by atoms with E-state index in [1.807, 2.05) is 0 Å². The predicted octanol–water partition coefficient (Wildman–Crippen LogP) is -1.11. The van der Waals surface area contributed by atoms with Gasteiger partial charge in [0.05, 0.1) is 19.3 Å². The number of ether oxygens (including phenoxy) is 2. The second kappa shape index (κ2) is 14.4. The summed E-state index contributed by atoms with van der Waals surface area (Å²) in [5, 5.41) is 0. The van der Waals surface area contributed by atoms with Crippen molar-refractivity contribution in [1.82, 2.24) is 4.90 Å². The standard InChI is InChI=1S/C12H23NO3.CH3.K/c1-2-3-8-15-9-10-16-12-4-6-13(11-14)7-5-12;;/h11-12H,2-10H2,1H3;1H3;/q;-1;+1. The van der Waals surface area contributed by atoms with Crippen molar-refractivity contribution in [3.05, 3.63) is 7.43 Å². The molecule has 0 aromatic carbocycles. The molecule has 18 heavy (non-hydrogen) atoms. The topological polar surface area (TPSA) is 38.8 Å². The Morgan fingerprint density at radius 3 is 2.44 bits per heavy atom. The molecule has 102 valence electrons. The van der Waals surface area contributed by atoms with Gasteiger partial charge in [-0.25, -0.2) is 0 Å². The van der Waals surface area contributed by atoms with Gasteiger partial charge in [-0.2, -0.15) is 0 Å². The van der Waals surface area contributed by atoms with E-state index in [1.165, 1.54) is 6.42 Å². The fourth-order valence-corrected chi connectivity index (χ4v) is 1.77. The third kappa shape index (κ3) is 9.89. The summed E-state index contributed by atoms with van der Waals surface area (Å²) in [6.07, 6.45) is 5.43. The molecule has 0 saturated carbocycles. The van der Waals surface area contributed by atoms with Crippen LogP contribution in [0.5, 0.6) is 0 Å². The van der Waals surface area contributed by atoms with Crippen LogP contribution in [0, 0.1) is 7.43 Å². The van der Waals surface area contributed by atoms with Crippen LogP contribution in [0.4, 0.5) is 0 Å². The molecule has 1 aliphatic heterocycles. The van der Waals surface area contributed by atoms with Gasteiger partial charge in [-0.1, -0.05) is 13.3 Å². The Kier molecular flexibility index (Phi) is 17.1. The van der Waals surface area contributed by atoms with Crippen molar-refractivity contribution in [2.75, 3.05) is 32.9 Å². The number of hydrogen-bond donors (Lipinski definition) is 0. The molecule has 1 amide bonds. The van der Waals surface area contributed by atoms with E-state index >= 15 is 0 Å². The number of amides is 1. The van der Waals surface area contributed by atoms with Crippen LogP contribution in [-0.4, -0.2) is 50.3 Å². The number of carbonyl (C=O) groups is 1. The molecule has 0 atom stereocenters. The molecule has 4 nitrogen and oxygen atoms in total. The first-order valence-corrected chi connectivity index (χ1v) is 6.25. The van der Waals surface area contributed by atoms with Crippen molar-refractivity contribution in [2.45, 2.75) is 38.7 Å². The minimum Gasteiger partial charge on any atom is -0.379 e. The minimum absolute atomic E-state index is 0. The fourth-order valence-electron chi connectivity index (χ4n) is 1.77. The van der Waals surface area contributed by atoms with E-state index in [9.17, 15) is 4.79 Å². The van der Waals surface area contributed by atoms with Crippen molar-refractivity contribution in [3.63, 3.8) is 0 Å². The van der Waals surface area contributed by atoms with Gasteiger partial charge in [0.15, 0.2) is 0 Å².